The van der Waals surface area contributed by atoms with Crippen molar-refractivity contribution in [3.63, 3.8) is 0 Å². The SMILES string of the molecule is CCCCCCNCc1cn(CCC)nc1C. The van der Waals surface area contributed by atoms with Crippen LogP contribution >= 0.6 is 0 Å². The maximum atomic E-state index is 4.51. The molecule has 1 heterocycles. The van der Waals surface area contributed by atoms with Crippen LogP contribution in [0.25, 0.3) is 0 Å². The van der Waals surface area contributed by atoms with Gasteiger partial charge in [-0.25, -0.2) is 0 Å². The molecular weight excluding hydrogens is 210 g/mol. The fraction of sp³-hybridized carbons (Fsp3) is 0.786. The lowest BCUT2D eigenvalue weighted by Crippen LogP contribution is -2.14. The van der Waals surface area contributed by atoms with E-state index >= 15 is 0 Å². The summed E-state index contributed by atoms with van der Waals surface area (Å²) in [6.07, 6.45) is 8.62. The molecule has 0 spiro atoms. The molecule has 17 heavy (non-hydrogen) atoms. The van der Waals surface area contributed by atoms with E-state index in [2.05, 4.69) is 42.1 Å². The highest BCUT2D eigenvalue weighted by Gasteiger charge is 2.03. The van der Waals surface area contributed by atoms with Gasteiger partial charge in [-0.1, -0.05) is 33.1 Å². The molecule has 0 aliphatic rings. The molecule has 0 aliphatic heterocycles. The largest absolute Gasteiger partial charge is 0.313 e. The second-order valence-electron chi connectivity index (χ2n) is 4.74. The quantitative estimate of drug-likeness (QED) is 0.668. The van der Waals surface area contributed by atoms with E-state index in [0.717, 1.165) is 26.1 Å². The first-order valence-electron chi connectivity index (χ1n) is 7.01. The zero-order valence-corrected chi connectivity index (χ0v) is 11.6. The fourth-order valence-electron chi connectivity index (χ4n) is 1.98. The summed E-state index contributed by atoms with van der Waals surface area (Å²) >= 11 is 0. The third kappa shape index (κ3) is 5.35. The minimum Gasteiger partial charge on any atom is -0.313 e. The Labute approximate surface area is 106 Å². The fourth-order valence-corrected chi connectivity index (χ4v) is 1.98. The number of unbranched alkanes of at least 4 members (excludes halogenated alkanes) is 3. The van der Waals surface area contributed by atoms with Crippen LogP contribution in [-0.2, 0) is 13.1 Å². The molecule has 0 unspecified atom stereocenters. The highest BCUT2D eigenvalue weighted by Crippen LogP contribution is 2.06. The number of rotatable bonds is 9. The lowest BCUT2D eigenvalue weighted by Gasteiger charge is -2.03. The van der Waals surface area contributed by atoms with Crippen LogP contribution in [0.5, 0.6) is 0 Å². The second-order valence-corrected chi connectivity index (χ2v) is 4.74. The van der Waals surface area contributed by atoms with Crippen molar-refractivity contribution in [2.24, 2.45) is 0 Å². The first kappa shape index (κ1) is 14.2. The van der Waals surface area contributed by atoms with Crippen molar-refractivity contribution in [2.45, 2.75) is 66.0 Å². The molecule has 0 bridgehead atoms. The molecule has 0 saturated heterocycles. The number of hydrogen-bond donors (Lipinski definition) is 1. The molecule has 0 amide bonds. The Morgan fingerprint density at radius 1 is 1.18 bits per heavy atom. The van der Waals surface area contributed by atoms with Gasteiger partial charge >= 0.3 is 0 Å². The minimum absolute atomic E-state index is 0.960. The van der Waals surface area contributed by atoms with Crippen LogP contribution < -0.4 is 5.32 Å². The van der Waals surface area contributed by atoms with Crippen molar-refractivity contribution in [2.75, 3.05) is 6.54 Å². The van der Waals surface area contributed by atoms with Gasteiger partial charge in [0.2, 0.25) is 0 Å². The van der Waals surface area contributed by atoms with Gasteiger partial charge in [-0.05, 0) is 26.3 Å². The first-order chi connectivity index (χ1) is 8.27. The van der Waals surface area contributed by atoms with E-state index in [1.165, 1.54) is 36.9 Å². The van der Waals surface area contributed by atoms with Crippen LogP contribution in [0.1, 0.15) is 57.2 Å². The van der Waals surface area contributed by atoms with Crippen molar-refractivity contribution in [1.82, 2.24) is 15.1 Å². The van der Waals surface area contributed by atoms with E-state index in [1.54, 1.807) is 0 Å². The summed E-state index contributed by atoms with van der Waals surface area (Å²) in [4.78, 5) is 0. The second kappa shape index (κ2) is 8.29. The summed E-state index contributed by atoms with van der Waals surface area (Å²) in [5, 5.41) is 8.01. The molecule has 0 aromatic carbocycles. The van der Waals surface area contributed by atoms with Crippen LogP contribution in [0.2, 0.25) is 0 Å². The van der Waals surface area contributed by atoms with Crippen LogP contribution in [0.4, 0.5) is 0 Å². The predicted molar refractivity (Wildman–Crippen MR) is 73.1 cm³/mol. The van der Waals surface area contributed by atoms with Gasteiger partial charge in [-0.15, -0.1) is 0 Å². The summed E-state index contributed by atoms with van der Waals surface area (Å²) in [6, 6.07) is 0. The van der Waals surface area contributed by atoms with Crippen LogP contribution in [0, 0.1) is 6.92 Å². The number of aromatic nitrogens is 2. The molecular formula is C14H27N3. The average molecular weight is 237 g/mol. The minimum atomic E-state index is 0.960. The van der Waals surface area contributed by atoms with E-state index < -0.39 is 0 Å². The van der Waals surface area contributed by atoms with Crippen molar-refractivity contribution < 1.29 is 0 Å². The molecule has 1 aromatic rings. The van der Waals surface area contributed by atoms with Crippen LogP contribution in [0.3, 0.4) is 0 Å². The highest BCUT2D eigenvalue weighted by atomic mass is 15.3. The van der Waals surface area contributed by atoms with Crippen LogP contribution in [0.15, 0.2) is 6.20 Å². The normalized spacial score (nSPS) is 11.0. The van der Waals surface area contributed by atoms with Gasteiger partial charge in [-0.3, -0.25) is 4.68 Å². The Balaban J connectivity index is 2.21. The monoisotopic (exact) mass is 237 g/mol. The molecule has 3 heteroatoms. The topological polar surface area (TPSA) is 29.9 Å². The average Bonchev–Trinajstić information content (AvgIpc) is 2.65. The van der Waals surface area contributed by atoms with Crippen molar-refractivity contribution in [3.8, 4) is 0 Å². The molecule has 0 aliphatic carbocycles. The molecule has 98 valence electrons. The van der Waals surface area contributed by atoms with Crippen molar-refractivity contribution in [3.05, 3.63) is 17.5 Å². The number of hydrogen-bond acceptors (Lipinski definition) is 2. The Kier molecular flexibility index (Phi) is 6.94. The molecule has 3 nitrogen and oxygen atoms in total. The zero-order valence-electron chi connectivity index (χ0n) is 11.6. The Hall–Kier alpha value is -0.830. The third-order valence-electron chi connectivity index (χ3n) is 3.02. The molecule has 1 N–H and O–H groups in total. The van der Waals surface area contributed by atoms with E-state index in [0.29, 0.717) is 0 Å². The van der Waals surface area contributed by atoms with Gasteiger partial charge in [0.05, 0.1) is 5.69 Å². The maximum absolute atomic E-state index is 4.51. The zero-order chi connectivity index (χ0) is 12.5. The number of aryl methyl sites for hydroxylation is 2. The lowest BCUT2D eigenvalue weighted by molar-refractivity contribution is 0.592. The van der Waals surface area contributed by atoms with Gasteiger partial charge < -0.3 is 5.32 Å². The highest BCUT2D eigenvalue weighted by molar-refractivity contribution is 5.14. The van der Waals surface area contributed by atoms with Crippen LogP contribution in [-0.4, -0.2) is 16.3 Å². The predicted octanol–water partition coefficient (Wildman–Crippen LogP) is 3.27. The summed E-state index contributed by atoms with van der Waals surface area (Å²) in [5.74, 6) is 0. The molecule has 1 aromatic heterocycles. The van der Waals surface area contributed by atoms with Crippen molar-refractivity contribution in [1.29, 1.82) is 0 Å². The molecule has 0 saturated carbocycles. The van der Waals surface area contributed by atoms with E-state index in [4.69, 9.17) is 0 Å². The Morgan fingerprint density at radius 3 is 2.71 bits per heavy atom. The summed E-state index contributed by atoms with van der Waals surface area (Å²) in [7, 11) is 0. The lowest BCUT2D eigenvalue weighted by atomic mass is 10.2. The summed E-state index contributed by atoms with van der Waals surface area (Å²) in [5.41, 5.74) is 2.51. The standard InChI is InChI=1S/C14H27N3/c1-4-6-7-8-9-15-11-14-12-17(10-5-2)16-13(14)3/h12,15H,4-11H2,1-3H3. The molecule has 1 rings (SSSR count). The van der Waals surface area contributed by atoms with E-state index in [-0.39, 0.29) is 0 Å². The van der Waals surface area contributed by atoms with Crippen molar-refractivity contribution >= 4 is 0 Å². The van der Waals surface area contributed by atoms with E-state index in [9.17, 15) is 0 Å². The molecule has 0 fully saturated rings. The Bertz CT molecular complexity index is 304. The van der Waals surface area contributed by atoms with Gasteiger partial charge in [0.1, 0.15) is 0 Å². The number of nitrogens with one attached hydrogen (secondary N) is 1. The summed E-state index contributed by atoms with van der Waals surface area (Å²) in [6.45, 7) is 9.64. The molecule has 0 atom stereocenters. The summed E-state index contributed by atoms with van der Waals surface area (Å²) < 4.78 is 2.06. The maximum Gasteiger partial charge on any atom is 0.0638 e. The van der Waals surface area contributed by atoms with Gasteiger partial charge in [0, 0.05) is 24.8 Å². The van der Waals surface area contributed by atoms with Gasteiger partial charge in [-0.2, -0.15) is 5.10 Å². The molecule has 0 radical (unpaired) electrons. The Morgan fingerprint density at radius 2 is 2.00 bits per heavy atom. The van der Waals surface area contributed by atoms with Gasteiger partial charge in [0.25, 0.3) is 0 Å². The third-order valence-corrected chi connectivity index (χ3v) is 3.02. The first-order valence-corrected chi connectivity index (χ1v) is 7.01. The van der Waals surface area contributed by atoms with Gasteiger partial charge in [0.15, 0.2) is 0 Å². The van der Waals surface area contributed by atoms with E-state index in [1.807, 2.05) is 0 Å². The smallest absolute Gasteiger partial charge is 0.0638 e. The number of nitrogens with zero attached hydrogens (tertiary/aromatic N) is 2.